The van der Waals surface area contributed by atoms with Crippen LogP contribution >= 0.6 is 11.6 Å². The Morgan fingerprint density at radius 2 is 1.76 bits per heavy atom. The van der Waals surface area contributed by atoms with Crippen molar-refractivity contribution in [3.63, 3.8) is 0 Å². The van der Waals surface area contributed by atoms with E-state index in [0.29, 0.717) is 21.8 Å². The number of rotatable bonds is 9. The second-order valence-corrected chi connectivity index (χ2v) is 10.6. The van der Waals surface area contributed by atoms with Crippen molar-refractivity contribution in [1.82, 2.24) is 10.2 Å². The van der Waals surface area contributed by atoms with Crippen LogP contribution in [0.25, 0.3) is 0 Å². The molecule has 0 saturated carbocycles. The second kappa shape index (κ2) is 13.3. The molecule has 2 aromatic rings. The Hall–Kier alpha value is -3.54. The molecule has 204 valence electrons. The Morgan fingerprint density at radius 1 is 1.13 bits per heavy atom. The van der Waals surface area contributed by atoms with E-state index >= 15 is 0 Å². The molecule has 0 aromatic heterocycles. The number of terminal acetylenes is 1. The molecule has 38 heavy (non-hydrogen) atoms. The molecule has 0 fully saturated rings. The highest BCUT2D eigenvalue weighted by Crippen LogP contribution is 2.30. The summed E-state index contributed by atoms with van der Waals surface area (Å²) in [6.45, 7) is 9.89. The average Bonchev–Trinajstić information content (AvgIpc) is 2.83. The van der Waals surface area contributed by atoms with Gasteiger partial charge < -0.3 is 25.4 Å². The number of para-hydroxylation sites is 1. The standard InChI is InChI=1S/C29H36ClN3O5/c1-8-20-12-14-21(15-13-20)25(26(35)31-24-19(4)10-9-11-22(24)30)33(16-17-34)27(36)23(18(2)3)32-28(37)38-29(5,6)7/h1,9-15,18,23,25,34H,16-17H2,2-7H3,(H,31,35)(H,32,37). The van der Waals surface area contributed by atoms with Gasteiger partial charge in [0.2, 0.25) is 5.91 Å². The number of anilines is 1. The number of nitrogens with one attached hydrogen (secondary N) is 2. The summed E-state index contributed by atoms with van der Waals surface area (Å²) >= 11 is 6.35. The summed E-state index contributed by atoms with van der Waals surface area (Å²) in [6.07, 6.45) is 4.73. The number of benzene rings is 2. The number of nitrogens with zero attached hydrogens (tertiary/aromatic N) is 1. The van der Waals surface area contributed by atoms with E-state index in [0.717, 1.165) is 5.56 Å². The van der Waals surface area contributed by atoms with E-state index in [2.05, 4.69) is 16.6 Å². The Balaban J connectivity index is 2.55. The molecule has 0 aliphatic carbocycles. The molecule has 0 saturated heterocycles. The van der Waals surface area contributed by atoms with E-state index in [4.69, 9.17) is 22.8 Å². The third-order valence-corrected chi connectivity index (χ3v) is 5.97. The zero-order valence-electron chi connectivity index (χ0n) is 22.7. The number of halogens is 1. The first-order chi connectivity index (χ1) is 17.8. The molecule has 2 unspecified atom stereocenters. The molecule has 3 N–H and O–H groups in total. The molecule has 0 aliphatic rings. The number of ether oxygens (including phenoxy) is 1. The van der Waals surface area contributed by atoms with Gasteiger partial charge >= 0.3 is 6.09 Å². The van der Waals surface area contributed by atoms with Gasteiger partial charge in [0, 0.05) is 12.1 Å². The minimum absolute atomic E-state index is 0.172. The lowest BCUT2D eigenvalue weighted by atomic mass is 9.98. The lowest BCUT2D eigenvalue weighted by molar-refractivity contribution is -0.142. The van der Waals surface area contributed by atoms with Crippen LogP contribution in [-0.2, 0) is 14.3 Å². The number of aliphatic hydroxyl groups excluding tert-OH is 1. The molecule has 0 heterocycles. The first-order valence-electron chi connectivity index (χ1n) is 12.3. The largest absolute Gasteiger partial charge is 0.444 e. The van der Waals surface area contributed by atoms with E-state index in [1.807, 2.05) is 0 Å². The molecule has 0 radical (unpaired) electrons. The van der Waals surface area contributed by atoms with E-state index in [-0.39, 0.29) is 12.5 Å². The lowest BCUT2D eigenvalue weighted by Gasteiger charge is -2.35. The maximum Gasteiger partial charge on any atom is 0.408 e. The van der Waals surface area contributed by atoms with Crippen molar-refractivity contribution in [3.8, 4) is 12.3 Å². The molecular formula is C29H36ClN3O5. The predicted octanol–water partition coefficient (Wildman–Crippen LogP) is 4.68. The number of hydrogen-bond donors (Lipinski definition) is 3. The van der Waals surface area contributed by atoms with Gasteiger partial charge in [-0.25, -0.2) is 4.79 Å². The van der Waals surface area contributed by atoms with Crippen molar-refractivity contribution in [3.05, 3.63) is 64.2 Å². The molecule has 0 bridgehead atoms. The monoisotopic (exact) mass is 541 g/mol. The highest BCUT2D eigenvalue weighted by atomic mass is 35.5. The molecule has 0 spiro atoms. The molecule has 0 aliphatic heterocycles. The van der Waals surface area contributed by atoms with Crippen LogP contribution in [0.3, 0.4) is 0 Å². The zero-order valence-corrected chi connectivity index (χ0v) is 23.4. The number of aryl methyl sites for hydroxylation is 1. The number of aliphatic hydroxyl groups is 1. The van der Waals surface area contributed by atoms with Crippen molar-refractivity contribution < 1.29 is 24.2 Å². The van der Waals surface area contributed by atoms with Crippen LogP contribution < -0.4 is 10.6 Å². The smallest absolute Gasteiger partial charge is 0.408 e. The van der Waals surface area contributed by atoms with Crippen molar-refractivity contribution in [2.45, 2.75) is 59.2 Å². The summed E-state index contributed by atoms with van der Waals surface area (Å²) in [5.74, 6) is 1.07. The fourth-order valence-corrected chi connectivity index (χ4v) is 4.09. The minimum Gasteiger partial charge on any atom is -0.444 e. The van der Waals surface area contributed by atoms with E-state index < -0.39 is 42.2 Å². The third-order valence-electron chi connectivity index (χ3n) is 5.65. The van der Waals surface area contributed by atoms with Gasteiger partial charge in [-0.2, -0.15) is 0 Å². The number of carbonyl (C=O) groups excluding carboxylic acids is 3. The molecule has 8 nitrogen and oxygen atoms in total. The number of amides is 3. The Morgan fingerprint density at radius 3 is 2.26 bits per heavy atom. The molecule has 2 atom stereocenters. The van der Waals surface area contributed by atoms with Gasteiger partial charge in [0.05, 0.1) is 17.3 Å². The van der Waals surface area contributed by atoms with E-state index in [9.17, 15) is 19.5 Å². The second-order valence-electron chi connectivity index (χ2n) is 10.2. The normalized spacial score (nSPS) is 12.7. The van der Waals surface area contributed by atoms with Gasteiger partial charge in [0.15, 0.2) is 0 Å². The van der Waals surface area contributed by atoms with Crippen LogP contribution in [0.1, 0.15) is 57.4 Å². The quantitative estimate of drug-likeness (QED) is 0.399. The summed E-state index contributed by atoms with van der Waals surface area (Å²) < 4.78 is 5.35. The summed E-state index contributed by atoms with van der Waals surface area (Å²) in [4.78, 5) is 41.5. The molecule has 3 amide bonds. The zero-order chi connectivity index (χ0) is 28.6. The molecule has 2 rings (SSSR count). The lowest BCUT2D eigenvalue weighted by Crippen LogP contribution is -2.55. The van der Waals surface area contributed by atoms with Crippen LogP contribution in [0.15, 0.2) is 42.5 Å². The fraction of sp³-hybridized carbons (Fsp3) is 0.414. The van der Waals surface area contributed by atoms with Gasteiger partial charge in [-0.05, 0) is 62.9 Å². The summed E-state index contributed by atoms with van der Waals surface area (Å²) in [5.41, 5.74) is 1.44. The number of carbonyl (C=O) groups is 3. The summed E-state index contributed by atoms with van der Waals surface area (Å²) in [5, 5.41) is 15.7. The van der Waals surface area contributed by atoms with Crippen LogP contribution in [0.4, 0.5) is 10.5 Å². The Kier molecular flexibility index (Phi) is 10.7. The van der Waals surface area contributed by atoms with Gasteiger partial charge in [-0.1, -0.05) is 55.6 Å². The predicted molar refractivity (Wildman–Crippen MR) is 149 cm³/mol. The molecular weight excluding hydrogens is 506 g/mol. The van der Waals surface area contributed by atoms with Crippen molar-refractivity contribution in [2.75, 3.05) is 18.5 Å². The highest BCUT2D eigenvalue weighted by molar-refractivity contribution is 6.34. The van der Waals surface area contributed by atoms with Crippen LogP contribution in [0, 0.1) is 25.2 Å². The fourth-order valence-electron chi connectivity index (χ4n) is 3.82. The van der Waals surface area contributed by atoms with Crippen LogP contribution in [0.5, 0.6) is 0 Å². The highest BCUT2D eigenvalue weighted by Gasteiger charge is 2.37. The maximum atomic E-state index is 13.9. The van der Waals surface area contributed by atoms with Crippen molar-refractivity contribution in [2.24, 2.45) is 5.92 Å². The topological polar surface area (TPSA) is 108 Å². The maximum absolute atomic E-state index is 13.9. The average molecular weight is 542 g/mol. The van der Waals surface area contributed by atoms with Crippen molar-refractivity contribution in [1.29, 1.82) is 0 Å². The molecule has 9 heteroatoms. The SMILES string of the molecule is C#Cc1ccc(C(C(=O)Nc2c(C)cccc2Cl)N(CCO)C(=O)C(NC(=O)OC(C)(C)C)C(C)C)cc1. The van der Waals surface area contributed by atoms with Gasteiger partial charge in [-0.15, -0.1) is 6.42 Å². The summed E-state index contributed by atoms with van der Waals surface area (Å²) in [7, 11) is 0. The van der Waals surface area contributed by atoms with Gasteiger partial charge in [0.25, 0.3) is 5.91 Å². The van der Waals surface area contributed by atoms with Crippen LogP contribution in [0.2, 0.25) is 5.02 Å². The Labute approximate surface area is 229 Å². The molecule has 2 aromatic carbocycles. The number of alkyl carbamates (subject to hydrolysis) is 1. The third kappa shape index (κ3) is 8.23. The summed E-state index contributed by atoms with van der Waals surface area (Å²) in [6, 6.07) is 9.65. The minimum atomic E-state index is -1.17. The van der Waals surface area contributed by atoms with E-state index in [1.54, 1.807) is 84.0 Å². The van der Waals surface area contributed by atoms with Gasteiger partial charge in [-0.3, -0.25) is 9.59 Å². The first-order valence-corrected chi connectivity index (χ1v) is 12.7. The Bertz CT molecular complexity index is 1160. The number of hydrogen-bond acceptors (Lipinski definition) is 5. The first kappa shape index (κ1) is 30.7. The van der Waals surface area contributed by atoms with Gasteiger partial charge in [0.1, 0.15) is 17.7 Å². The van der Waals surface area contributed by atoms with Crippen molar-refractivity contribution >= 4 is 35.2 Å². The van der Waals surface area contributed by atoms with Crippen LogP contribution in [-0.4, -0.2) is 52.7 Å². The van der Waals surface area contributed by atoms with E-state index in [1.165, 1.54) is 4.90 Å².